The van der Waals surface area contributed by atoms with Gasteiger partial charge in [-0.2, -0.15) is 9.97 Å². The standard InChI is InChI=1S/C11H13ClN6O3S/c1-14-9(21)6-4(19)5(20)10(22-6)18-2-15-3-7(13)16-11(12)17-8(3)18/h2,4-6,10,19-20H,1H3,(H,14,21)(H2,13,16,17)/t4-,5+,6-,10+/m0/s1. The highest BCUT2D eigenvalue weighted by Crippen LogP contribution is 2.43. The van der Waals surface area contributed by atoms with E-state index < -0.39 is 22.8 Å². The largest absolute Gasteiger partial charge is 0.389 e. The second-order valence-electron chi connectivity index (χ2n) is 4.74. The Hall–Kier alpha value is -1.62. The number of aliphatic hydroxyl groups excluding tert-OH is 2. The Labute approximate surface area is 133 Å². The van der Waals surface area contributed by atoms with Crippen LogP contribution in [-0.2, 0) is 4.79 Å². The van der Waals surface area contributed by atoms with Crippen molar-refractivity contribution in [2.75, 3.05) is 12.8 Å². The molecule has 118 valence electrons. The number of thioether (sulfide) groups is 1. The quantitative estimate of drug-likeness (QED) is 0.516. The van der Waals surface area contributed by atoms with Crippen LogP contribution in [0.1, 0.15) is 5.37 Å². The zero-order valence-electron chi connectivity index (χ0n) is 11.3. The van der Waals surface area contributed by atoms with Gasteiger partial charge in [-0.25, -0.2) is 4.98 Å². The van der Waals surface area contributed by atoms with Crippen LogP contribution < -0.4 is 11.1 Å². The number of aromatic nitrogens is 4. The fourth-order valence-corrected chi connectivity index (χ4v) is 3.99. The molecule has 0 radical (unpaired) electrons. The molecule has 0 unspecified atom stereocenters. The lowest BCUT2D eigenvalue weighted by molar-refractivity contribution is -0.122. The van der Waals surface area contributed by atoms with E-state index in [0.717, 1.165) is 11.8 Å². The van der Waals surface area contributed by atoms with Crippen LogP contribution in [0, 0.1) is 0 Å². The van der Waals surface area contributed by atoms with Crippen LogP contribution in [0.3, 0.4) is 0 Å². The third-order valence-electron chi connectivity index (χ3n) is 3.44. The van der Waals surface area contributed by atoms with E-state index in [1.54, 1.807) is 0 Å². The predicted molar refractivity (Wildman–Crippen MR) is 81.2 cm³/mol. The first-order valence-corrected chi connectivity index (χ1v) is 7.65. The van der Waals surface area contributed by atoms with Crippen molar-refractivity contribution in [2.24, 2.45) is 0 Å². The van der Waals surface area contributed by atoms with Gasteiger partial charge in [0.2, 0.25) is 11.2 Å². The first kappa shape index (κ1) is 15.3. The van der Waals surface area contributed by atoms with Crippen molar-refractivity contribution in [3.8, 4) is 0 Å². The minimum atomic E-state index is -1.21. The van der Waals surface area contributed by atoms with E-state index in [1.807, 2.05) is 0 Å². The van der Waals surface area contributed by atoms with E-state index in [4.69, 9.17) is 17.3 Å². The number of nitrogen functional groups attached to an aromatic ring is 1. The van der Waals surface area contributed by atoms with Crippen molar-refractivity contribution in [1.82, 2.24) is 24.8 Å². The average Bonchev–Trinajstić information content (AvgIpc) is 3.01. The summed E-state index contributed by atoms with van der Waals surface area (Å²) in [6, 6.07) is 0. The maximum absolute atomic E-state index is 11.8. The van der Waals surface area contributed by atoms with Gasteiger partial charge in [0, 0.05) is 7.05 Å². The highest BCUT2D eigenvalue weighted by Gasteiger charge is 2.47. The minimum Gasteiger partial charge on any atom is -0.389 e. The van der Waals surface area contributed by atoms with E-state index in [2.05, 4.69) is 20.3 Å². The van der Waals surface area contributed by atoms with E-state index in [9.17, 15) is 15.0 Å². The van der Waals surface area contributed by atoms with Gasteiger partial charge in [-0.15, -0.1) is 11.8 Å². The summed E-state index contributed by atoms with van der Waals surface area (Å²) in [7, 11) is 1.47. The summed E-state index contributed by atoms with van der Waals surface area (Å²) in [5.74, 6) is -0.245. The van der Waals surface area contributed by atoms with Gasteiger partial charge in [-0.1, -0.05) is 0 Å². The van der Waals surface area contributed by atoms with Gasteiger partial charge >= 0.3 is 0 Å². The maximum Gasteiger partial charge on any atom is 0.235 e. The number of carbonyl (C=O) groups excluding carboxylic acids is 1. The fraction of sp³-hybridized carbons (Fsp3) is 0.455. The van der Waals surface area contributed by atoms with Gasteiger partial charge in [0.05, 0.1) is 6.33 Å². The SMILES string of the molecule is CNC(=O)[C@H]1S[C@@H](n2cnc3c(N)nc(Cl)nc32)[C@H](O)[C@@H]1O. The molecule has 1 aliphatic heterocycles. The number of nitrogens with zero attached hydrogens (tertiary/aromatic N) is 4. The fourth-order valence-electron chi connectivity index (χ4n) is 2.35. The van der Waals surface area contributed by atoms with E-state index in [0.29, 0.717) is 11.2 Å². The van der Waals surface area contributed by atoms with Gasteiger partial charge in [0.25, 0.3) is 0 Å². The Balaban J connectivity index is 2.03. The molecule has 9 nitrogen and oxygen atoms in total. The molecule has 1 aliphatic rings. The number of amides is 1. The van der Waals surface area contributed by atoms with E-state index >= 15 is 0 Å². The first-order valence-electron chi connectivity index (χ1n) is 6.32. The first-order chi connectivity index (χ1) is 10.4. The summed E-state index contributed by atoms with van der Waals surface area (Å²) in [5, 5.41) is 21.3. The lowest BCUT2D eigenvalue weighted by Crippen LogP contribution is -2.39. The number of nitrogens with one attached hydrogen (secondary N) is 1. The van der Waals surface area contributed by atoms with Crippen LogP contribution in [0.25, 0.3) is 11.2 Å². The molecule has 1 saturated heterocycles. The number of nitrogens with two attached hydrogens (primary N) is 1. The number of imidazole rings is 1. The van der Waals surface area contributed by atoms with Gasteiger partial charge in [0.1, 0.15) is 28.3 Å². The molecule has 2 aromatic heterocycles. The van der Waals surface area contributed by atoms with Gasteiger partial charge < -0.3 is 21.3 Å². The molecule has 0 spiro atoms. The van der Waals surface area contributed by atoms with E-state index in [-0.39, 0.29) is 17.0 Å². The summed E-state index contributed by atoms with van der Waals surface area (Å²) in [6.45, 7) is 0. The normalized spacial score (nSPS) is 28.2. The van der Waals surface area contributed by atoms with Crippen LogP contribution in [-0.4, -0.2) is 60.1 Å². The highest BCUT2D eigenvalue weighted by atomic mass is 35.5. The number of fused-ring (bicyclic) bond motifs is 1. The molecule has 0 aromatic carbocycles. The number of rotatable bonds is 2. The number of anilines is 1. The van der Waals surface area contributed by atoms with Crippen LogP contribution in [0.5, 0.6) is 0 Å². The average molecular weight is 345 g/mol. The van der Waals surface area contributed by atoms with Crippen LogP contribution >= 0.6 is 23.4 Å². The molecule has 11 heteroatoms. The molecule has 5 N–H and O–H groups in total. The Morgan fingerprint density at radius 3 is 2.86 bits per heavy atom. The van der Waals surface area contributed by atoms with Gasteiger partial charge in [0.15, 0.2) is 11.5 Å². The zero-order chi connectivity index (χ0) is 16.0. The molecule has 3 heterocycles. The van der Waals surface area contributed by atoms with E-state index in [1.165, 1.54) is 17.9 Å². The maximum atomic E-state index is 11.8. The molecule has 0 saturated carbocycles. The molecule has 1 fully saturated rings. The predicted octanol–water partition coefficient (Wildman–Crippen LogP) is -0.856. The summed E-state index contributed by atoms with van der Waals surface area (Å²) in [5.41, 5.74) is 6.41. The van der Waals surface area contributed by atoms with Crippen LogP contribution in [0.4, 0.5) is 5.82 Å². The number of carbonyl (C=O) groups is 1. The second kappa shape index (κ2) is 5.54. The van der Waals surface area contributed by atoms with Crippen LogP contribution in [0.2, 0.25) is 5.28 Å². The number of halogens is 1. The molecular weight excluding hydrogens is 332 g/mol. The summed E-state index contributed by atoms with van der Waals surface area (Å²) < 4.78 is 1.53. The third-order valence-corrected chi connectivity index (χ3v) is 5.18. The minimum absolute atomic E-state index is 0.0485. The van der Waals surface area contributed by atoms with Crippen molar-refractivity contribution in [2.45, 2.75) is 22.8 Å². The Morgan fingerprint density at radius 1 is 1.45 bits per heavy atom. The smallest absolute Gasteiger partial charge is 0.235 e. The number of hydrogen-bond donors (Lipinski definition) is 4. The van der Waals surface area contributed by atoms with Crippen molar-refractivity contribution in [3.63, 3.8) is 0 Å². The Morgan fingerprint density at radius 2 is 2.18 bits per heavy atom. The van der Waals surface area contributed by atoms with Crippen LogP contribution in [0.15, 0.2) is 6.33 Å². The van der Waals surface area contributed by atoms with Crippen molar-refractivity contribution in [3.05, 3.63) is 11.6 Å². The summed E-state index contributed by atoms with van der Waals surface area (Å²) >= 11 is 6.91. The Kier molecular flexibility index (Phi) is 3.85. The second-order valence-corrected chi connectivity index (χ2v) is 6.35. The molecule has 0 bridgehead atoms. The van der Waals surface area contributed by atoms with Crippen molar-refractivity contribution >= 4 is 46.3 Å². The molecule has 22 heavy (non-hydrogen) atoms. The molecule has 1 amide bonds. The number of hydrogen-bond acceptors (Lipinski definition) is 8. The topological polar surface area (TPSA) is 139 Å². The Bertz CT molecular complexity index is 740. The monoisotopic (exact) mass is 344 g/mol. The lowest BCUT2D eigenvalue weighted by Gasteiger charge is -2.16. The third kappa shape index (κ3) is 2.28. The van der Waals surface area contributed by atoms with Crippen molar-refractivity contribution < 1.29 is 15.0 Å². The molecule has 2 aromatic rings. The lowest BCUT2D eigenvalue weighted by atomic mass is 10.1. The van der Waals surface area contributed by atoms with Gasteiger partial charge in [-0.05, 0) is 11.6 Å². The summed E-state index contributed by atoms with van der Waals surface area (Å²) in [4.78, 5) is 23.7. The van der Waals surface area contributed by atoms with Crippen molar-refractivity contribution in [1.29, 1.82) is 0 Å². The molecular formula is C11H13ClN6O3S. The summed E-state index contributed by atoms with van der Waals surface area (Å²) in [6.07, 6.45) is -0.951. The molecule has 4 atom stereocenters. The molecule has 3 rings (SSSR count). The zero-order valence-corrected chi connectivity index (χ0v) is 12.9. The number of aliphatic hydroxyl groups is 2. The van der Waals surface area contributed by atoms with Gasteiger partial charge in [-0.3, -0.25) is 9.36 Å². The molecule has 0 aliphatic carbocycles. The highest BCUT2D eigenvalue weighted by molar-refractivity contribution is 8.01.